The van der Waals surface area contributed by atoms with Crippen LogP contribution in [0.1, 0.15) is 12.0 Å². The molecule has 1 saturated heterocycles. The van der Waals surface area contributed by atoms with Crippen LogP contribution in [-0.2, 0) is 6.54 Å². The van der Waals surface area contributed by atoms with Crippen LogP contribution in [0.25, 0.3) is 16.6 Å². The van der Waals surface area contributed by atoms with Crippen LogP contribution in [0.5, 0.6) is 0 Å². The van der Waals surface area contributed by atoms with Gasteiger partial charge < -0.3 is 4.90 Å². The van der Waals surface area contributed by atoms with Crippen molar-refractivity contribution in [3.8, 4) is 0 Å². The topological polar surface area (TPSA) is 45.8 Å². The molecule has 2 aromatic carbocycles. The zero-order valence-corrected chi connectivity index (χ0v) is 18.4. The minimum atomic E-state index is -0.0584. The number of anilines is 1. The maximum Gasteiger partial charge on any atom is 0.350 e. The fraction of sp³-hybridized carbons (Fsp3) is 0.333. The average Bonchev–Trinajstić information content (AvgIpc) is 3.09. The number of halogens is 1. The number of pyridine rings is 1. The smallest absolute Gasteiger partial charge is 0.350 e. The first-order chi connectivity index (χ1) is 15.1. The van der Waals surface area contributed by atoms with Gasteiger partial charge in [-0.05, 0) is 49.2 Å². The number of rotatable bonds is 5. The highest BCUT2D eigenvalue weighted by atomic mass is 35.5. The van der Waals surface area contributed by atoms with Crippen molar-refractivity contribution in [1.82, 2.24) is 19.1 Å². The van der Waals surface area contributed by atoms with Gasteiger partial charge in [-0.1, -0.05) is 35.9 Å². The van der Waals surface area contributed by atoms with Crippen LogP contribution in [0.3, 0.4) is 0 Å². The lowest BCUT2D eigenvalue weighted by Gasteiger charge is -2.36. The van der Waals surface area contributed by atoms with E-state index in [1.54, 1.807) is 9.08 Å². The summed E-state index contributed by atoms with van der Waals surface area (Å²) in [5, 5.41) is 6.46. The molecule has 0 atom stereocenters. The lowest BCUT2D eigenvalue weighted by molar-refractivity contribution is 0.248. The van der Waals surface area contributed by atoms with E-state index in [1.165, 1.54) is 5.69 Å². The minimum Gasteiger partial charge on any atom is -0.369 e. The molecule has 160 valence electrons. The zero-order valence-electron chi connectivity index (χ0n) is 17.7. The Morgan fingerprint density at radius 2 is 1.77 bits per heavy atom. The second-order valence-corrected chi connectivity index (χ2v) is 8.64. The Bertz CT molecular complexity index is 1290. The molecule has 0 N–H and O–H groups in total. The van der Waals surface area contributed by atoms with Crippen molar-refractivity contribution in [1.29, 1.82) is 0 Å². The molecule has 0 radical (unpaired) electrons. The van der Waals surface area contributed by atoms with Crippen molar-refractivity contribution in [2.24, 2.45) is 0 Å². The second kappa shape index (κ2) is 8.36. The van der Waals surface area contributed by atoms with Gasteiger partial charge in [0.2, 0.25) is 0 Å². The normalized spacial score (nSPS) is 15.2. The third-order valence-electron chi connectivity index (χ3n) is 6.17. The van der Waals surface area contributed by atoms with Crippen molar-refractivity contribution in [3.05, 3.63) is 75.7 Å². The van der Waals surface area contributed by atoms with E-state index in [2.05, 4.69) is 34.0 Å². The van der Waals surface area contributed by atoms with Crippen molar-refractivity contribution < 1.29 is 0 Å². The molecule has 5 rings (SSSR count). The van der Waals surface area contributed by atoms with Crippen molar-refractivity contribution in [2.45, 2.75) is 19.9 Å². The summed E-state index contributed by atoms with van der Waals surface area (Å²) in [6, 6.07) is 18.1. The molecule has 1 aliphatic rings. The molecule has 1 aliphatic heterocycles. The Morgan fingerprint density at radius 3 is 2.58 bits per heavy atom. The van der Waals surface area contributed by atoms with Gasteiger partial charge in [-0.2, -0.15) is 0 Å². The molecule has 3 heterocycles. The fourth-order valence-electron chi connectivity index (χ4n) is 4.51. The molecule has 2 aromatic heterocycles. The predicted octanol–water partition coefficient (Wildman–Crippen LogP) is 3.82. The number of fused-ring (bicyclic) bond motifs is 3. The zero-order chi connectivity index (χ0) is 21.4. The third kappa shape index (κ3) is 3.93. The first-order valence-electron chi connectivity index (χ1n) is 10.8. The lowest BCUT2D eigenvalue weighted by Crippen LogP contribution is -2.46. The summed E-state index contributed by atoms with van der Waals surface area (Å²) >= 11 is 6.13. The quantitative estimate of drug-likeness (QED) is 0.478. The largest absolute Gasteiger partial charge is 0.369 e. The highest BCUT2D eigenvalue weighted by Gasteiger charge is 2.17. The maximum absolute atomic E-state index is 13.0. The first kappa shape index (κ1) is 20.1. The number of aryl methyl sites for hydroxylation is 2. The summed E-state index contributed by atoms with van der Waals surface area (Å²) in [4.78, 5) is 17.8. The van der Waals surface area contributed by atoms with E-state index in [9.17, 15) is 4.79 Å². The number of hydrogen-bond donors (Lipinski definition) is 0. The van der Waals surface area contributed by atoms with Gasteiger partial charge in [0.05, 0.1) is 5.52 Å². The van der Waals surface area contributed by atoms with Crippen molar-refractivity contribution >= 4 is 33.8 Å². The van der Waals surface area contributed by atoms with Gasteiger partial charge in [-0.25, -0.2) is 13.9 Å². The summed E-state index contributed by atoms with van der Waals surface area (Å²) in [6.45, 7) is 7.65. The standard InChI is InChI=1S/C24H26ClN5O/c1-18-16-23-26-29(24(31)30(23)22-9-3-2-8-21(18)22)11-5-10-27-12-14-28(15-13-27)20-7-4-6-19(25)17-20/h2-4,6-9,16-17H,5,10-15H2,1H3. The van der Waals surface area contributed by atoms with Gasteiger partial charge >= 0.3 is 5.69 Å². The highest BCUT2D eigenvalue weighted by molar-refractivity contribution is 6.30. The van der Waals surface area contributed by atoms with E-state index in [0.29, 0.717) is 6.54 Å². The SMILES string of the molecule is Cc1cc2nn(CCCN3CCN(c4cccc(Cl)c4)CC3)c(=O)n2c2ccccc12. The van der Waals surface area contributed by atoms with Gasteiger partial charge in [0, 0.05) is 55.4 Å². The number of para-hydroxylation sites is 1. The Morgan fingerprint density at radius 1 is 0.968 bits per heavy atom. The van der Waals surface area contributed by atoms with Crippen molar-refractivity contribution in [2.75, 3.05) is 37.6 Å². The molecule has 7 heteroatoms. The third-order valence-corrected chi connectivity index (χ3v) is 6.40. The number of benzene rings is 2. The fourth-order valence-corrected chi connectivity index (χ4v) is 4.69. The van der Waals surface area contributed by atoms with Gasteiger partial charge in [-0.3, -0.25) is 4.90 Å². The summed E-state index contributed by atoms with van der Waals surface area (Å²) in [6.07, 6.45) is 0.901. The Hall–Kier alpha value is -2.83. The van der Waals surface area contributed by atoms with E-state index in [-0.39, 0.29) is 5.69 Å². The summed E-state index contributed by atoms with van der Waals surface area (Å²) in [5.74, 6) is 0. The number of aromatic nitrogens is 3. The number of hydrogen-bond acceptors (Lipinski definition) is 4. The van der Waals surface area contributed by atoms with Crippen molar-refractivity contribution in [3.63, 3.8) is 0 Å². The number of nitrogens with zero attached hydrogens (tertiary/aromatic N) is 5. The molecular formula is C24H26ClN5O. The molecule has 0 spiro atoms. The van der Waals surface area contributed by atoms with E-state index in [1.807, 2.05) is 42.5 Å². The molecule has 0 amide bonds. The van der Waals surface area contributed by atoms with Crippen LogP contribution in [0.2, 0.25) is 5.02 Å². The molecule has 0 saturated carbocycles. The second-order valence-electron chi connectivity index (χ2n) is 8.21. The lowest BCUT2D eigenvalue weighted by atomic mass is 10.1. The van der Waals surface area contributed by atoms with Gasteiger partial charge in [0.1, 0.15) is 0 Å². The summed E-state index contributed by atoms with van der Waals surface area (Å²) in [5.41, 5.74) is 3.91. The minimum absolute atomic E-state index is 0.0584. The molecule has 31 heavy (non-hydrogen) atoms. The Kier molecular flexibility index (Phi) is 5.42. The average molecular weight is 436 g/mol. The molecule has 1 fully saturated rings. The van der Waals surface area contributed by atoms with Crippen LogP contribution in [0.4, 0.5) is 5.69 Å². The van der Waals surface area contributed by atoms with Crippen LogP contribution in [0.15, 0.2) is 59.4 Å². The highest BCUT2D eigenvalue weighted by Crippen LogP contribution is 2.21. The van der Waals surface area contributed by atoms with Crippen LogP contribution >= 0.6 is 11.6 Å². The van der Waals surface area contributed by atoms with E-state index < -0.39 is 0 Å². The van der Waals surface area contributed by atoms with Crippen LogP contribution in [0, 0.1) is 6.92 Å². The molecule has 4 aromatic rings. The Labute approximate surface area is 186 Å². The van der Waals surface area contributed by atoms with Gasteiger partial charge in [-0.15, -0.1) is 5.10 Å². The molecular weight excluding hydrogens is 410 g/mol. The molecule has 0 bridgehead atoms. The maximum atomic E-state index is 13.0. The molecule has 0 unspecified atom stereocenters. The Balaban J connectivity index is 1.23. The number of piperazine rings is 1. The van der Waals surface area contributed by atoms with E-state index in [0.717, 1.165) is 66.3 Å². The summed E-state index contributed by atoms with van der Waals surface area (Å²) < 4.78 is 3.34. The first-order valence-corrected chi connectivity index (χ1v) is 11.2. The van der Waals surface area contributed by atoms with E-state index >= 15 is 0 Å². The molecule has 6 nitrogen and oxygen atoms in total. The summed E-state index contributed by atoms with van der Waals surface area (Å²) in [7, 11) is 0. The predicted molar refractivity (Wildman–Crippen MR) is 126 cm³/mol. The van der Waals surface area contributed by atoms with Crippen LogP contribution < -0.4 is 10.6 Å². The monoisotopic (exact) mass is 435 g/mol. The van der Waals surface area contributed by atoms with E-state index in [4.69, 9.17) is 11.6 Å². The molecule has 0 aliphatic carbocycles. The van der Waals surface area contributed by atoms with Gasteiger partial charge in [0.25, 0.3) is 0 Å². The van der Waals surface area contributed by atoms with Crippen LogP contribution in [-0.4, -0.2) is 51.8 Å². The van der Waals surface area contributed by atoms with Gasteiger partial charge in [0.15, 0.2) is 5.65 Å².